The Morgan fingerprint density at radius 1 is 1.14 bits per heavy atom. The molecule has 2 unspecified atom stereocenters. The summed E-state index contributed by atoms with van der Waals surface area (Å²) in [6.45, 7) is 6.36. The third-order valence-corrected chi connectivity index (χ3v) is 5.49. The van der Waals surface area contributed by atoms with Gasteiger partial charge in [0, 0.05) is 25.2 Å². The molecule has 2 atom stereocenters. The number of rotatable bonds is 5. The van der Waals surface area contributed by atoms with Crippen LogP contribution < -0.4 is 10.1 Å². The van der Waals surface area contributed by atoms with E-state index in [4.69, 9.17) is 9.72 Å². The van der Waals surface area contributed by atoms with Gasteiger partial charge in [-0.2, -0.15) is 0 Å². The Kier molecular flexibility index (Phi) is 5.30. The average Bonchev–Trinajstić information content (AvgIpc) is 3.06. The van der Waals surface area contributed by atoms with Crippen molar-refractivity contribution in [3.8, 4) is 5.75 Å². The molecule has 6 nitrogen and oxygen atoms in total. The lowest BCUT2D eigenvalue weighted by Crippen LogP contribution is -2.57. The molecule has 0 spiro atoms. The summed E-state index contributed by atoms with van der Waals surface area (Å²) in [5, 5.41) is 3.42. The number of imidazole rings is 1. The Morgan fingerprint density at radius 3 is 2.71 bits per heavy atom. The molecule has 0 saturated carbocycles. The second kappa shape index (κ2) is 8.02. The number of benzene rings is 2. The van der Waals surface area contributed by atoms with Gasteiger partial charge in [-0.05, 0) is 38.1 Å². The number of fused-ring (bicyclic) bond motifs is 1. The maximum atomic E-state index is 13.1. The molecule has 6 heteroatoms. The van der Waals surface area contributed by atoms with Crippen molar-refractivity contribution in [3.05, 3.63) is 60.4 Å². The van der Waals surface area contributed by atoms with Gasteiger partial charge in [-0.15, -0.1) is 0 Å². The number of amides is 1. The number of carbonyl (C=O) groups excluding carboxylic acids is 1. The van der Waals surface area contributed by atoms with E-state index in [1.807, 2.05) is 64.1 Å². The number of nitrogens with one attached hydrogen (secondary N) is 1. The van der Waals surface area contributed by atoms with Gasteiger partial charge in [0.15, 0.2) is 0 Å². The van der Waals surface area contributed by atoms with E-state index in [9.17, 15) is 4.79 Å². The van der Waals surface area contributed by atoms with Crippen LogP contribution in [0.25, 0.3) is 11.0 Å². The summed E-state index contributed by atoms with van der Waals surface area (Å²) in [6, 6.07) is 18.0. The molecule has 3 aromatic rings. The molecular weight excluding hydrogens is 352 g/mol. The van der Waals surface area contributed by atoms with E-state index in [-0.39, 0.29) is 24.5 Å². The van der Waals surface area contributed by atoms with Crippen molar-refractivity contribution in [1.29, 1.82) is 0 Å². The Bertz CT molecular complexity index is 954. The summed E-state index contributed by atoms with van der Waals surface area (Å²) in [6.07, 6.45) is 0. The average molecular weight is 378 g/mol. The third kappa shape index (κ3) is 3.73. The largest absolute Gasteiger partial charge is 0.486 e. The molecule has 1 fully saturated rings. The van der Waals surface area contributed by atoms with E-state index >= 15 is 0 Å². The van der Waals surface area contributed by atoms with Crippen molar-refractivity contribution in [2.24, 2.45) is 0 Å². The van der Waals surface area contributed by atoms with Crippen molar-refractivity contribution >= 4 is 16.9 Å². The first-order valence-corrected chi connectivity index (χ1v) is 9.78. The lowest BCUT2D eigenvalue weighted by molar-refractivity contribution is -0.135. The van der Waals surface area contributed by atoms with E-state index in [0.29, 0.717) is 6.61 Å². The molecule has 1 amide bonds. The van der Waals surface area contributed by atoms with Crippen LogP contribution in [-0.2, 0) is 17.9 Å². The molecule has 4 rings (SSSR count). The van der Waals surface area contributed by atoms with E-state index in [1.165, 1.54) is 0 Å². The molecule has 0 radical (unpaired) electrons. The highest BCUT2D eigenvalue weighted by molar-refractivity contribution is 5.81. The van der Waals surface area contributed by atoms with Gasteiger partial charge in [-0.3, -0.25) is 4.79 Å². The standard InChI is InChI=1S/C22H26N4O2/c1-16-17(2)25(13-12-23-16)22(27)14-26-20-11-7-6-10-19(20)24-21(26)15-28-18-8-4-3-5-9-18/h3-11,16-17,23H,12-15H2,1-2H3. The van der Waals surface area contributed by atoms with Crippen molar-refractivity contribution in [1.82, 2.24) is 19.8 Å². The first-order valence-electron chi connectivity index (χ1n) is 9.78. The first kappa shape index (κ1) is 18.5. The Labute approximate surface area is 165 Å². The van der Waals surface area contributed by atoms with Crippen LogP contribution in [-0.4, -0.2) is 45.5 Å². The van der Waals surface area contributed by atoms with Crippen molar-refractivity contribution in [2.45, 2.75) is 39.1 Å². The molecule has 0 bridgehead atoms. The van der Waals surface area contributed by atoms with Gasteiger partial charge in [-0.25, -0.2) is 4.98 Å². The quantitative estimate of drug-likeness (QED) is 0.742. The molecule has 1 aliphatic heterocycles. The monoisotopic (exact) mass is 378 g/mol. The minimum atomic E-state index is 0.116. The van der Waals surface area contributed by atoms with Crippen molar-refractivity contribution in [3.63, 3.8) is 0 Å². The molecule has 0 aliphatic carbocycles. The summed E-state index contributed by atoms with van der Waals surface area (Å²) in [5.41, 5.74) is 1.84. The lowest BCUT2D eigenvalue weighted by Gasteiger charge is -2.38. The van der Waals surface area contributed by atoms with Gasteiger partial charge in [0.25, 0.3) is 0 Å². The number of para-hydroxylation sites is 3. The zero-order chi connectivity index (χ0) is 19.5. The number of piperazine rings is 1. The normalized spacial score (nSPS) is 19.7. The Morgan fingerprint density at radius 2 is 1.89 bits per heavy atom. The second-order valence-electron chi connectivity index (χ2n) is 7.28. The fraction of sp³-hybridized carbons (Fsp3) is 0.364. The highest BCUT2D eigenvalue weighted by atomic mass is 16.5. The topological polar surface area (TPSA) is 59.4 Å². The fourth-order valence-corrected chi connectivity index (χ4v) is 3.71. The van der Waals surface area contributed by atoms with Crippen LogP contribution in [0.4, 0.5) is 0 Å². The van der Waals surface area contributed by atoms with E-state index in [1.54, 1.807) is 0 Å². The van der Waals surface area contributed by atoms with Crippen LogP contribution in [0.3, 0.4) is 0 Å². The van der Waals surface area contributed by atoms with Crippen molar-refractivity contribution in [2.75, 3.05) is 13.1 Å². The number of nitrogens with zero attached hydrogens (tertiary/aromatic N) is 3. The summed E-state index contributed by atoms with van der Waals surface area (Å²) in [4.78, 5) is 19.8. The van der Waals surface area contributed by atoms with E-state index in [2.05, 4.69) is 19.2 Å². The summed E-state index contributed by atoms with van der Waals surface area (Å²) >= 11 is 0. The van der Waals surface area contributed by atoms with Crippen LogP contribution in [0.15, 0.2) is 54.6 Å². The van der Waals surface area contributed by atoms with Gasteiger partial charge < -0.3 is 19.5 Å². The molecule has 28 heavy (non-hydrogen) atoms. The van der Waals surface area contributed by atoms with Crippen LogP contribution >= 0.6 is 0 Å². The molecule has 1 N–H and O–H groups in total. The minimum Gasteiger partial charge on any atom is -0.486 e. The van der Waals surface area contributed by atoms with Gasteiger partial charge in [-0.1, -0.05) is 30.3 Å². The number of ether oxygens (including phenoxy) is 1. The number of hydrogen-bond acceptors (Lipinski definition) is 4. The summed E-state index contributed by atoms with van der Waals surface area (Å²) < 4.78 is 7.90. The third-order valence-electron chi connectivity index (χ3n) is 5.49. The molecule has 1 saturated heterocycles. The molecule has 1 aliphatic rings. The smallest absolute Gasteiger partial charge is 0.242 e. The molecule has 1 aromatic heterocycles. The van der Waals surface area contributed by atoms with Crippen LogP contribution in [0.2, 0.25) is 0 Å². The molecule has 2 heterocycles. The first-order chi connectivity index (χ1) is 13.6. The zero-order valence-electron chi connectivity index (χ0n) is 16.3. The van der Waals surface area contributed by atoms with E-state index in [0.717, 1.165) is 35.7 Å². The fourth-order valence-electron chi connectivity index (χ4n) is 3.71. The highest BCUT2D eigenvalue weighted by Gasteiger charge is 2.28. The summed E-state index contributed by atoms with van der Waals surface area (Å²) in [7, 11) is 0. The SMILES string of the molecule is CC1NCCN(C(=O)Cn2c(COc3ccccc3)nc3ccccc32)C1C. The molecule has 146 valence electrons. The Balaban J connectivity index is 1.59. The van der Waals surface area contributed by atoms with Crippen molar-refractivity contribution < 1.29 is 9.53 Å². The predicted octanol–water partition coefficient (Wildman–Crippen LogP) is 2.82. The molecule has 2 aromatic carbocycles. The Hall–Kier alpha value is -2.86. The minimum absolute atomic E-state index is 0.116. The van der Waals surface area contributed by atoms with Crippen LogP contribution in [0.1, 0.15) is 19.7 Å². The second-order valence-corrected chi connectivity index (χ2v) is 7.28. The molecular formula is C22H26N4O2. The summed E-state index contributed by atoms with van der Waals surface area (Å²) in [5.74, 6) is 1.66. The predicted molar refractivity (Wildman–Crippen MR) is 109 cm³/mol. The van der Waals surface area contributed by atoms with Crippen LogP contribution in [0, 0.1) is 0 Å². The van der Waals surface area contributed by atoms with Crippen LogP contribution in [0.5, 0.6) is 5.75 Å². The van der Waals surface area contributed by atoms with Gasteiger partial charge >= 0.3 is 0 Å². The highest BCUT2D eigenvalue weighted by Crippen LogP contribution is 2.19. The van der Waals surface area contributed by atoms with Gasteiger partial charge in [0.2, 0.25) is 5.91 Å². The van der Waals surface area contributed by atoms with E-state index < -0.39 is 0 Å². The maximum Gasteiger partial charge on any atom is 0.242 e. The van der Waals surface area contributed by atoms with Gasteiger partial charge in [0.1, 0.15) is 24.7 Å². The maximum absolute atomic E-state index is 13.1. The zero-order valence-corrected chi connectivity index (χ0v) is 16.3. The number of carbonyl (C=O) groups is 1. The number of hydrogen-bond donors (Lipinski definition) is 1. The van der Waals surface area contributed by atoms with Gasteiger partial charge in [0.05, 0.1) is 11.0 Å². The lowest BCUT2D eigenvalue weighted by atomic mass is 10.1. The number of aromatic nitrogens is 2.